The van der Waals surface area contributed by atoms with Gasteiger partial charge in [-0.25, -0.2) is 4.98 Å². The van der Waals surface area contributed by atoms with E-state index in [4.69, 9.17) is 0 Å². The lowest BCUT2D eigenvalue weighted by molar-refractivity contribution is 0.211. The van der Waals surface area contributed by atoms with E-state index in [1.807, 2.05) is 54.9 Å². The molecule has 4 heteroatoms. The minimum absolute atomic E-state index is 0.630. The van der Waals surface area contributed by atoms with Gasteiger partial charge in [-0.1, -0.05) is 19.1 Å². The molecule has 1 aromatic carbocycles. The molecule has 1 aromatic heterocycles. The van der Waals surface area contributed by atoms with Crippen LogP contribution in [0.2, 0.25) is 0 Å². The van der Waals surface area contributed by atoms with Crippen molar-refractivity contribution >= 4 is 5.69 Å². The van der Waals surface area contributed by atoms with E-state index in [0.29, 0.717) is 0 Å². The van der Waals surface area contributed by atoms with Crippen molar-refractivity contribution in [1.29, 1.82) is 0 Å². The van der Waals surface area contributed by atoms with Crippen LogP contribution in [0.25, 0.3) is 0 Å². The van der Waals surface area contributed by atoms with Gasteiger partial charge >= 0.3 is 0 Å². The smallest absolute Gasteiger partial charge is 0.121 e. The van der Waals surface area contributed by atoms with Gasteiger partial charge in [-0.3, -0.25) is 0 Å². The highest BCUT2D eigenvalue weighted by molar-refractivity contribution is 5.47. The summed E-state index contributed by atoms with van der Waals surface area (Å²) in [6.07, 6.45) is 3.13. The quantitative estimate of drug-likeness (QED) is 0.910. The fraction of sp³-hybridized carbons (Fsp3) is 0.438. The number of nitrogens with zero attached hydrogens (tertiary/aromatic N) is 3. The number of aromatic nitrogens is 2. The summed E-state index contributed by atoms with van der Waals surface area (Å²) in [5, 5.41) is 10.5. The lowest BCUT2D eigenvalue weighted by atomic mass is 10.1. The SMILES string of the molecule is CCCc1ncc(C(O)c2ccc(N(C)C)cc2)n1C. The summed E-state index contributed by atoms with van der Waals surface area (Å²) in [6, 6.07) is 7.96. The van der Waals surface area contributed by atoms with Crippen LogP contribution < -0.4 is 4.90 Å². The lowest BCUT2D eigenvalue weighted by Gasteiger charge is -2.16. The van der Waals surface area contributed by atoms with Crippen molar-refractivity contribution in [2.45, 2.75) is 25.9 Å². The van der Waals surface area contributed by atoms with E-state index in [1.54, 1.807) is 6.20 Å². The molecular weight excluding hydrogens is 250 g/mol. The van der Waals surface area contributed by atoms with Gasteiger partial charge in [0.05, 0.1) is 11.9 Å². The van der Waals surface area contributed by atoms with Crippen molar-refractivity contribution in [2.75, 3.05) is 19.0 Å². The molecule has 0 saturated heterocycles. The zero-order valence-electron chi connectivity index (χ0n) is 12.7. The number of hydrogen-bond acceptors (Lipinski definition) is 3. The Morgan fingerprint density at radius 3 is 2.45 bits per heavy atom. The number of imidazole rings is 1. The Bertz CT molecular complexity index is 558. The van der Waals surface area contributed by atoms with Crippen molar-refractivity contribution in [3.63, 3.8) is 0 Å². The van der Waals surface area contributed by atoms with Crippen LogP contribution in [0, 0.1) is 0 Å². The largest absolute Gasteiger partial charge is 0.382 e. The van der Waals surface area contributed by atoms with Crippen molar-refractivity contribution in [2.24, 2.45) is 7.05 Å². The van der Waals surface area contributed by atoms with E-state index >= 15 is 0 Å². The Kier molecular flexibility index (Phi) is 4.45. The zero-order valence-corrected chi connectivity index (χ0v) is 12.7. The Hall–Kier alpha value is -1.81. The summed E-state index contributed by atoms with van der Waals surface area (Å²) in [5.41, 5.74) is 2.85. The fourth-order valence-corrected chi connectivity index (χ4v) is 2.30. The third-order valence-corrected chi connectivity index (χ3v) is 3.60. The van der Waals surface area contributed by atoms with E-state index in [0.717, 1.165) is 35.6 Å². The van der Waals surface area contributed by atoms with E-state index < -0.39 is 6.10 Å². The highest BCUT2D eigenvalue weighted by Gasteiger charge is 2.16. The van der Waals surface area contributed by atoms with Crippen LogP contribution in [0.5, 0.6) is 0 Å². The van der Waals surface area contributed by atoms with Crippen LogP contribution in [0.1, 0.15) is 36.5 Å². The highest BCUT2D eigenvalue weighted by atomic mass is 16.3. The first kappa shape index (κ1) is 14.6. The molecule has 1 N–H and O–H groups in total. The van der Waals surface area contributed by atoms with Crippen LogP contribution in [0.15, 0.2) is 30.5 Å². The minimum Gasteiger partial charge on any atom is -0.382 e. The first-order chi connectivity index (χ1) is 9.54. The number of aryl methyl sites for hydroxylation is 1. The van der Waals surface area contributed by atoms with Gasteiger partial charge in [-0.15, -0.1) is 0 Å². The summed E-state index contributed by atoms with van der Waals surface area (Å²) in [5.74, 6) is 1.02. The summed E-state index contributed by atoms with van der Waals surface area (Å²) < 4.78 is 1.99. The molecule has 0 aliphatic heterocycles. The van der Waals surface area contributed by atoms with Gasteiger partial charge in [0.15, 0.2) is 0 Å². The topological polar surface area (TPSA) is 41.3 Å². The average molecular weight is 273 g/mol. The average Bonchev–Trinajstić information content (AvgIpc) is 2.80. The number of anilines is 1. The fourth-order valence-electron chi connectivity index (χ4n) is 2.30. The number of benzene rings is 1. The van der Waals surface area contributed by atoms with Crippen LogP contribution in [0.3, 0.4) is 0 Å². The number of aliphatic hydroxyl groups is 1. The van der Waals surface area contributed by atoms with E-state index in [9.17, 15) is 5.11 Å². The normalized spacial score (nSPS) is 12.4. The predicted molar refractivity (Wildman–Crippen MR) is 82.0 cm³/mol. The Labute approximate surface area is 120 Å². The number of rotatable bonds is 5. The van der Waals surface area contributed by atoms with Crippen LogP contribution >= 0.6 is 0 Å². The molecule has 1 heterocycles. The van der Waals surface area contributed by atoms with Gasteiger partial charge in [-0.05, 0) is 24.1 Å². The Morgan fingerprint density at radius 1 is 1.25 bits per heavy atom. The molecule has 0 radical (unpaired) electrons. The Balaban J connectivity index is 2.24. The molecular formula is C16H23N3O. The Morgan fingerprint density at radius 2 is 1.90 bits per heavy atom. The molecule has 0 spiro atoms. The van der Waals surface area contributed by atoms with E-state index in [2.05, 4.69) is 11.9 Å². The molecule has 0 saturated carbocycles. The molecule has 2 aromatic rings. The second-order valence-corrected chi connectivity index (χ2v) is 5.30. The van der Waals surface area contributed by atoms with Gasteiger partial charge in [0.25, 0.3) is 0 Å². The molecule has 0 fully saturated rings. The van der Waals surface area contributed by atoms with Gasteiger partial charge < -0.3 is 14.6 Å². The summed E-state index contributed by atoms with van der Waals surface area (Å²) in [7, 11) is 5.97. The van der Waals surface area contributed by atoms with Crippen molar-refractivity contribution in [1.82, 2.24) is 9.55 Å². The molecule has 2 rings (SSSR count). The maximum absolute atomic E-state index is 10.5. The van der Waals surface area contributed by atoms with Crippen molar-refractivity contribution in [3.05, 3.63) is 47.5 Å². The minimum atomic E-state index is -0.630. The lowest BCUT2D eigenvalue weighted by Crippen LogP contribution is -2.10. The summed E-state index contributed by atoms with van der Waals surface area (Å²) in [4.78, 5) is 6.43. The van der Waals surface area contributed by atoms with Crippen LogP contribution in [-0.2, 0) is 13.5 Å². The second kappa shape index (κ2) is 6.09. The zero-order chi connectivity index (χ0) is 14.7. The standard InChI is InChI=1S/C16H23N3O/c1-5-6-15-17-11-14(19(15)4)16(20)12-7-9-13(10-8-12)18(2)3/h7-11,16,20H,5-6H2,1-4H3. The third-order valence-electron chi connectivity index (χ3n) is 3.60. The number of aliphatic hydroxyl groups excluding tert-OH is 1. The molecule has 1 atom stereocenters. The second-order valence-electron chi connectivity index (χ2n) is 5.30. The third kappa shape index (κ3) is 2.85. The van der Waals surface area contributed by atoms with E-state index in [-0.39, 0.29) is 0 Å². The van der Waals surface area contributed by atoms with Gasteiger partial charge in [0.1, 0.15) is 11.9 Å². The first-order valence-corrected chi connectivity index (χ1v) is 7.00. The van der Waals surface area contributed by atoms with Gasteiger partial charge in [0, 0.05) is 33.3 Å². The van der Waals surface area contributed by atoms with Crippen LogP contribution in [-0.4, -0.2) is 28.8 Å². The number of hydrogen-bond donors (Lipinski definition) is 1. The molecule has 0 aliphatic rings. The maximum Gasteiger partial charge on any atom is 0.121 e. The van der Waals surface area contributed by atoms with Gasteiger partial charge in [-0.2, -0.15) is 0 Å². The summed E-state index contributed by atoms with van der Waals surface area (Å²) >= 11 is 0. The molecule has 0 aliphatic carbocycles. The van der Waals surface area contributed by atoms with E-state index in [1.165, 1.54) is 0 Å². The predicted octanol–water partition coefficient (Wildman–Crippen LogP) is 2.52. The molecule has 1 unspecified atom stereocenters. The summed E-state index contributed by atoms with van der Waals surface area (Å²) in [6.45, 7) is 2.13. The van der Waals surface area contributed by atoms with Crippen molar-refractivity contribution in [3.8, 4) is 0 Å². The molecule has 0 bridgehead atoms. The molecule has 0 amide bonds. The highest BCUT2D eigenvalue weighted by Crippen LogP contribution is 2.24. The molecule has 20 heavy (non-hydrogen) atoms. The van der Waals surface area contributed by atoms with Crippen LogP contribution in [0.4, 0.5) is 5.69 Å². The first-order valence-electron chi connectivity index (χ1n) is 7.00. The van der Waals surface area contributed by atoms with Gasteiger partial charge in [0.2, 0.25) is 0 Å². The van der Waals surface area contributed by atoms with Crippen molar-refractivity contribution < 1.29 is 5.11 Å². The molecule has 108 valence electrons. The maximum atomic E-state index is 10.5. The molecule has 4 nitrogen and oxygen atoms in total. The monoisotopic (exact) mass is 273 g/mol.